The van der Waals surface area contributed by atoms with Gasteiger partial charge in [0.25, 0.3) is 5.91 Å². The number of rotatable bonds is 6. The Bertz CT molecular complexity index is 1350. The van der Waals surface area contributed by atoms with Gasteiger partial charge in [0.05, 0.1) is 17.0 Å². The van der Waals surface area contributed by atoms with Crippen LogP contribution in [0.3, 0.4) is 0 Å². The molecule has 2 amide bonds. The minimum absolute atomic E-state index is 0.0141. The highest BCUT2D eigenvalue weighted by Crippen LogP contribution is 2.31. The number of carbonyl (C=O) groups excluding carboxylic acids is 2. The second kappa shape index (κ2) is 10.2. The molecule has 0 spiro atoms. The number of amides is 2. The largest absolute Gasteiger partial charge is 0.487 e. The van der Waals surface area contributed by atoms with E-state index in [0.29, 0.717) is 21.9 Å². The molecule has 1 fully saturated rings. The maximum absolute atomic E-state index is 13.8. The maximum atomic E-state index is 13.8. The summed E-state index contributed by atoms with van der Waals surface area (Å²) >= 11 is 7.48. The minimum atomic E-state index is -0.572. The first-order chi connectivity index (χ1) is 17.4. The zero-order valence-corrected chi connectivity index (χ0v) is 20.6. The van der Waals surface area contributed by atoms with Crippen LogP contribution in [0, 0.1) is 11.2 Å². The molecule has 0 aromatic heterocycles. The van der Waals surface area contributed by atoms with Crippen LogP contribution in [0.15, 0.2) is 58.1 Å². The van der Waals surface area contributed by atoms with Gasteiger partial charge in [0.2, 0.25) is 11.1 Å². The quantitative estimate of drug-likeness (QED) is 0.552. The highest BCUT2D eigenvalue weighted by Gasteiger charge is 2.36. The number of thioether (sulfide) groups is 1. The van der Waals surface area contributed by atoms with E-state index in [-0.39, 0.29) is 46.4 Å². The van der Waals surface area contributed by atoms with Gasteiger partial charge in [-0.3, -0.25) is 15.0 Å². The van der Waals surface area contributed by atoms with Crippen molar-refractivity contribution in [2.45, 2.75) is 25.9 Å². The molecule has 0 radical (unpaired) electrons. The van der Waals surface area contributed by atoms with Gasteiger partial charge >= 0.3 is 0 Å². The Hall–Kier alpha value is -3.50. The number of amidine groups is 2. The fourth-order valence-electron chi connectivity index (χ4n) is 3.97. The molecule has 36 heavy (non-hydrogen) atoms. The normalized spacial score (nSPS) is 18.4. The van der Waals surface area contributed by atoms with Gasteiger partial charge < -0.3 is 9.64 Å². The number of benzene rings is 2. The first-order valence-corrected chi connectivity index (χ1v) is 12.5. The number of hydrazone groups is 1. The Morgan fingerprint density at radius 2 is 2.00 bits per heavy atom. The third-order valence-corrected chi connectivity index (χ3v) is 7.07. The number of hydrogen-bond acceptors (Lipinski definition) is 6. The van der Waals surface area contributed by atoms with Crippen LogP contribution in [0.4, 0.5) is 4.39 Å². The number of aliphatic imine (C=N–C) groups is 1. The zero-order chi connectivity index (χ0) is 25.2. The molecule has 2 aromatic carbocycles. The van der Waals surface area contributed by atoms with E-state index in [1.165, 1.54) is 17.2 Å². The molecule has 8 nitrogen and oxygen atoms in total. The topological polar surface area (TPSA) is 98.4 Å². The summed E-state index contributed by atoms with van der Waals surface area (Å²) < 4.78 is 19.5. The van der Waals surface area contributed by atoms with Gasteiger partial charge in [-0.1, -0.05) is 35.9 Å². The Labute approximate surface area is 216 Å². The smallest absolute Gasteiger partial charge is 0.283 e. The van der Waals surface area contributed by atoms with E-state index in [2.05, 4.69) is 10.1 Å². The van der Waals surface area contributed by atoms with Gasteiger partial charge in [-0.2, -0.15) is 15.1 Å². The summed E-state index contributed by atoms with van der Waals surface area (Å²) in [4.78, 5) is 31.0. The van der Waals surface area contributed by atoms with Crippen molar-refractivity contribution in [2.75, 3.05) is 13.1 Å². The molecule has 3 heterocycles. The number of carbonyl (C=O) groups is 2. The molecule has 11 heteroatoms. The average Bonchev–Trinajstić information content (AvgIpc) is 3.53. The van der Waals surface area contributed by atoms with Crippen LogP contribution in [-0.4, -0.2) is 50.9 Å². The standard InChI is InChI=1S/C25H21ClFN5O3S/c26-18-12-15(7-8-20(18)35-14-16-5-1-2-6-19(16)27)11-17-23(28)32-25(29-24(17)34)36-21(30-32)13-22(33)31-9-3-4-10-31/h1-2,5-8,11-12,28H,3-4,9-10,13-14H2/b17-11-,28-23?. The summed E-state index contributed by atoms with van der Waals surface area (Å²) in [5, 5.41) is 15.2. The third kappa shape index (κ3) is 5.05. The van der Waals surface area contributed by atoms with E-state index in [0.717, 1.165) is 37.7 Å². The monoisotopic (exact) mass is 525 g/mol. The van der Waals surface area contributed by atoms with Crippen LogP contribution in [0.5, 0.6) is 5.75 Å². The lowest BCUT2D eigenvalue weighted by molar-refractivity contribution is -0.128. The molecule has 0 aliphatic carbocycles. The molecule has 5 rings (SSSR count). The second-order valence-electron chi connectivity index (χ2n) is 8.35. The Balaban J connectivity index is 1.29. The maximum Gasteiger partial charge on any atom is 0.283 e. The summed E-state index contributed by atoms with van der Waals surface area (Å²) in [6.45, 7) is 1.51. The Morgan fingerprint density at radius 1 is 1.22 bits per heavy atom. The zero-order valence-electron chi connectivity index (χ0n) is 19.0. The van der Waals surface area contributed by atoms with Crippen molar-refractivity contribution in [3.05, 3.63) is 70.0 Å². The number of nitrogens with one attached hydrogen (secondary N) is 1. The molecule has 0 saturated carbocycles. The molecule has 0 bridgehead atoms. The minimum Gasteiger partial charge on any atom is -0.487 e. The van der Waals surface area contributed by atoms with Crippen LogP contribution in [0.25, 0.3) is 6.08 Å². The van der Waals surface area contributed by atoms with Crippen LogP contribution in [0.1, 0.15) is 30.4 Å². The molecule has 3 aliphatic rings. The van der Waals surface area contributed by atoms with E-state index in [4.69, 9.17) is 21.7 Å². The molecule has 0 unspecified atom stereocenters. The van der Waals surface area contributed by atoms with Crippen LogP contribution >= 0.6 is 23.4 Å². The average molecular weight is 526 g/mol. The number of halogens is 2. The number of fused-ring (bicyclic) bond motifs is 1. The van der Waals surface area contributed by atoms with E-state index in [9.17, 15) is 14.0 Å². The van der Waals surface area contributed by atoms with Crippen LogP contribution in [0.2, 0.25) is 5.02 Å². The summed E-state index contributed by atoms with van der Waals surface area (Å²) in [5.74, 6) is -0.718. The van der Waals surface area contributed by atoms with Gasteiger partial charge in [0.1, 0.15) is 23.2 Å². The SMILES string of the molecule is N=C1/C(=C/c2ccc(OCc3ccccc3F)c(Cl)c2)C(=O)N=C2SC(CC(=O)N3CCCC3)=NN12. The lowest BCUT2D eigenvalue weighted by Gasteiger charge is -2.20. The fraction of sp³-hybridized carbons (Fsp3) is 0.240. The van der Waals surface area contributed by atoms with E-state index < -0.39 is 5.91 Å². The Morgan fingerprint density at radius 3 is 2.75 bits per heavy atom. The van der Waals surface area contributed by atoms with Crippen molar-refractivity contribution < 1.29 is 18.7 Å². The lowest BCUT2D eigenvalue weighted by Crippen LogP contribution is -2.35. The molecular formula is C25H21ClFN5O3S. The van der Waals surface area contributed by atoms with Gasteiger partial charge in [0, 0.05) is 18.7 Å². The van der Waals surface area contributed by atoms with E-state index in [1.807, 2.05) is 0 Å². The van der Waals surface area contributed by atoms with Gasteiger partial charge in [-0.25, -0.2) is 4.39 Å². The van der Waals surface area contributed by atoms with Crippen LogP contribution in [-0.2, 0) is 16.2 Å². The number of likely N-dealkylation sites (tertiary alicyclic amines) is 1. The third-order valence-electron chi connectivity index (χ3n) is 5.87. The summed E-state index contributed by atoms with van der Waals surface area (Å²) in [6, 6.07) is 11.2. The van der Waals surface area contributed by atoms with Crippen molar-refractivity contribution in [3.8, 4) is 5.75 Å². The molecule has 2 aromatic rings. The molecule has 184 valence electrons. The van der Waals surface area contributed by atoms with E-state index in [1.54, 1.807) is 41.3 Å². The van der Waals surface area contributed by atoms with E-state index >= 15 is 0 Å². The van der Waals surface area contributed by atoms with Crippen molar-refractivity contribution in [1.82, 2.24) is 9.91 Å². The highest BCUT2D eigenvalue weighted by atomic mass is 35.5. The number of ether oxygens (including phenoxy) is 1. The molecule has 1 saturated heterocycles. The van der Waals surface area contributed by atoms with Gasteiger partial charge in [-0.15, -0.1) is 0 Å². The van der Waals surface area contributed by atoms with Gasteiger partial charge in [-0.05, 0) is 54.4 Å². The molecule has 0 atom stereocenters. The van der Waals surface area contributed by atoms with Crippen molar-refractivity contribution in [3.63, 3.8) is 0 Å². The van der Waals surface area contributed by atoms with Crippen LogP contribution < -0.4 is 4.74 Å². The van der Waals surface area contributed by atoms with Crippen molar-refractivity contribution in [2.24, 2.45) is 10.1 Å². The highest BCUT2D eigenvalue weighted by molar-refractivity contribution is 8.27. The number of hydrogen-bond donors (Lipinski definition) is 1. The fourth-order valence-corrected chi connectivity index (χ4v) is 5.09. The predicted octanol–water partition coefficient (Wildman–Crippen LogP) is 4.69. The summed E-state index contributed by atoms with van der Waals surface area (Å²) in [5.41, 5.74) is 1.01. The molecular weight excluding hydrogens is 505 g/mol. The lowest BCUT2D eigenvalue weighted by atomic mass is 10.1. The Kier molecular flexibility index (Phi) is 6.88. The first kappa shape index (κ1) is 24.2. The predicted molar refractivity (Wildman–Crippen MR) is 138 cm³/mol. The summed E-state index contributed by atoms with van der Waals surface area (Å²) in [7, 11) is 0. The van der Waals surface area contributed by atoms with Crippen molar-refractivity contribution in [1.29, 1.82) is 5.41 Å². The molecule has 1 N–H and O–H groups in total. The first-order valence-electron chi connectivity index (χ1n) is 11.3. The van der Waals surface area contributed by atoms with Crippen molar-refractivity contribution >= 4 is 57.3 Å². The molecule has 3 aliphatic heterocycles. The summed E-state index contributed by atoms with van der Waals surface area (Å²) in [6.07, 6.45) is 3.62. The van der Waals surface area contributed by atoms with Gasteiger partial charge in [0.15, 0.2) is 5.84 Å². The second-order valence-corrected chi connectivity index (χ2v) is 9.80. The number of nitrogens with zero attached hydrogens (tertiary/aromatic N) is 4.